The number of rotatable bonds is 4. The number of aromatic nitrogens is 2. The Morgan fingerprint density at radius 1 is 1.02 bits per heavy atom. The van der Waals surface area contributed by atoms with E-state index in [2.05, 4.69) is 9.97 Å². The molecule has 1 fully saturated rings. The van der Waals surface area contributed by atoms with Crippen LogP contribution in [0.15, 0.2) is 60.9 Å². The lowest BCUT2D eigenvalue weighted by Gasteiger charge is -2.43. The van der Waals surface area contributed by atoms with Gasteiger partial charge in [-0.15, -0.1) is 0 Å². The Morgan fingerprint density at radius 2 is 1.83 bits per heavy atom. The average molecular weight is 554 g/mol. The molecular weight excluding hydrogens is 526 g/mol. The van der Waals surface area contributed by atoms with Gasteiger partial charge in [-0.25, -0.2) is 14.6 Å². The number of benzene rings is 2. The minimum Gasteiger partial charge on any atom is -0.506 e. The van der Waals surface area contributed by atoms with Crippen molar-refractivity contribution in [2.24, 2.45) is 0 Å². The van der Waals surface area contributed by atoms with Crippen molar-refractivity contribution in [1.29, 1.82) is 0 Å². The molecule has 0 radical (unpaired) electrons. The summed E-state index contributed by atoms with van der Waals surface area (Å²) in [5, 5.41) is 10.9. The van der Waals surface area contributed by atoms with E-state index in [1.165, 1.54) is 26.5 Å². The van der Waals surface area contributed by atoms with E-state index in [0.29, 0.717) is 65.7 Å². The van der Waals surface area contributed by atoms with Crippen molar-refractivity contribution in [3.63, 3.8) is 0 Å². The van der Waals surface area contributed by atoms with E-state index in [0.717, 1.165) is 11.1 Å². The number of piperidine rings is 1. The molecule has 1 amide bonds. The van der Waals surface area contributed by atoms with Crippen molar-refractivity contribution in [3.05, 3.63) is 83.3 Å². The number of amides is 1. The van der Waals surface area contributed by atoms with Crippen molar-refractivity contribution in [2.45, 2.75) is 24.9 Å². The minimum atomic E-state index is -0.707. The van der Waals surface area contributed by atoms with E-state index >= 15 is 0 Å². The van der Waals surface area contributed by atoms with E-state index in [-0.39, 0.29) is 17.4 Å². The second-order valence-electron chi connectivity index (χ2n) is 10.3. The van der Waals surface area contributed by atoms with Crippen LogP contribution in [0.3, 0.4) is 0 Å². The number of pyridine rings is 2. The van der Waals surface area contributed by atoms with E-state index in [1.54, 1.807) is 41.4 Å². The molecule has 4 aromatic rings. The van der Waals surface area contributed by atoms with Crippen LogP contribution >= 0.6 is 0 Å². The molecular formula is C31H27N3O7. The highest BCUT2D eigenvalue weighted by molar-refractivity contribution is 5.99. The Balaban J connectivity index is 1.19. The molecule has 2 aliphatic heterocycles. The third-order valence-electron chi connectivity index (χ3n) is 7.83. The quantitative estimate of drug-likeness (QED) is 0.370. The Morgan fingerprint density at radius 3 is 2.59 bits per heavy atom. The van der Waals surface area contributed by atoms with Crippen molar-refractivity contribution in [1.82, 2.24) is 14.9 Å². The first-order chi connectivity index (χ1) is 19.8. The highest BCUT2D eigenvalue weighted by Gasteiger charge is 2.43. The summed E-state index contributed by atoms with van der Waals surface area (Å²) in [6.07, 6.45) is 4.55. The van der Waals surface area contributed by atoms with Crippen LogP contribution in [0.1, 0.15) is 49.6 Å². The Bertz CT molecular complexity index is 1710. The molecule has 1 saturated heterocycles. The van der Waals surface area contributed by atoms with Crippen LogP contribution in [0.5, 0.6) is 11.5 Å². The third kappa shape index (κ3) is 4.71. The lowest BCUT2D eigenvalue weighted by molar-refractivity contribution is -0.0527. The van der Waals surface area contributed by atoms with Crippen LogP contribution in [0, 0.1) is 0 Å². The largest absolute Gasteiger partial charge is 0.506 e. The highest BCUT2D eigenvalue weighted by atomic mass is 16.6. The number of fused-ring (bicyclic) bond motifs is 2. The number of para-hydroxylation sites is 1. The van der Waals surface area contributed by atoms with Crippen molar-refractivity contribution in [3.8, 4) is 22.6 Å². The van der Waals surface area contributed by atoms with Crippen molar-refractivity contribution in [2.75, 3.05) is 27.3 Å². The number of likely N-dealkylation sites (tertiary alicyclic amines) is 1. The van der Waals surface area contributed by atoms with E-state index in [4.69, 9.17) is 14.2 Å². The smallest absolute Gasteiger partial charge is 0.339 e. The summed E-state index contributed by atoms with van der Waals surface area (Å²) >= 11 is 0. The van der Waals surface area contributed by atoms with E-state index < -0.39 is 17.5 Å². The lowest BCUT2D eigenvalue weighted by atomic mass is 9.81. The van der Waals surface area contributed by atoms with Gasteiger partial charge in [0.1, 0.15) is 28.3 Å². The first kappa shape index (κ1) is 26.2. The zero-order chi connectivity index (χ0) is 28.7. The minimum absolute atomic E-state index is 0.0311. The number of methoxy groups -OCH3 is 2. The number of phenols is 1. The maximum absolute atomic E-state index is 13.4. The number of carbonyl (C=O) groups is 3. The van der Waals surface area contributed by atoms with Gasteiger partial charge in [0.05, 0.1) is 25.3 Å². The van der Waals surface area contributed by atoms with Gasteiger partial charge in [-0.2, -0.15) is 0 Å². The molecule has 0 aliphatic carbocycles. The molecule has 0 bridgehead atoms. The number of hydrogen-bond donors (Lipinski definition) is 1. The molecule has 10 nitrogen and oxygen atoms in total. The summed E-state index contributed by atoms with van der Waals surface area (Å²) in [4.78, 5) is 48.7. The van der Waals surface area contributed by atoms with Crippen LogP contribution in [0.2, 0.25) is 0 Å². The van der Waals surface area contributed by atoms with Gasteiger partial charge in [0, 0.05) is 61.8 Å². The molecule has 1 spiro atoms. The molecule has 2 aliphatic rings. The van der Waals surface area contributed by atoms with Crippen LogP contribution in [0.4, 0.5) is 0 Å². The third-order valence-corrected chi connectivity index (χ3v) is 7.83. The van der Waals surface area contributed by atoms with Crippen LogP contribution in [0.25, 0.3) is 22.0 Å². The average Bonchev–Trinajstić information content (AvgIpc) is 3.00. The number of nitrogens with zero attached hydrogens (tertiary/aromatic N) is 3. The fourth-order valence-corrected chi connectivity index (χ4v) is 5.60. The molecule has 1 N–H and O–H groups in total. The summed E-state index contributed by atoms with van der Waals surface area (Å²) in [7, 11) is 2.82. The van der Waals surface area contributed by atoms with Gasteiger partial charge in [0.2, 0.25) is 0 Å². The summed E-state index contributed by atoms with van der Waals surface area (Å²) in [6, 6.07) is 13.8. The molecule has 6 rings (SSSR count). The number of esters is 2. The second-order valence-corrected chi connectivity index (χ2v) is 10.3. The summed E-state index contributed by atoms with van der Waals surface area (Å²) < 4.78 is 16.3. The molecule has 10 heteroatoms. The number of ether oxygens (including phenoxy) is 3. The van der Waals surface area contributed by atoms with E-state index in [9.17, 15) is 19.5 Å². The SMILES string of the molecule is COC(=O)c1cncc(-c2ccc3c(c2)C(=O)OC2(CCN(C(=O)c4cc(OC)c5cccc(O)c5n4)CC2)C3)c1. The van der Waals surface area contributed by atoms with Gasteiger partial charge in [0.25, 0.3) is 5.91 Å². The normalized spacial score (nSPS) is 15.8. The molecule has 0 unspecified atom stereocenters. The predicted octanol–water partition coefficient (Wildman–Crippen LogP) is 4.19. The van der Waals surface area contributed by atoms with Crippen molar-refractivity contribution >= 4 is 28.7 Å². The topological polar surface area (TPSA) is 128 Å². The molecule has 41 heavy (non-hydrogen) atoms. The monoisotopic (exact) mass is 553 g/mol. The summed E-state index contributed by atoms with van der Waals surface area (Å²) in [5.74, 6) is -0.763. The highest BCUT2D eigenvalue weighted by Crippen LogP contribution is 2.38. The zero-order valence-corrected chi connectivity index (χ0v) is 22.5. The predicted molar refractivity (Wildman–Crippen MR) is 148 cm³/mol. The maximum atomic E-state index is 13.4. The van der Waals surface area contributed by atoms with Gasteiger partial charge in [-0.1, -0.05) is 18.2 Å². The number of aromatic hydroxyl groups is 1. The van der Waals surface area contributed by atoms with Crippen molar-refractivity contribution < 1.29 is 33.7 Å². The first-order valence-corrected chi connectivity index (χ1v) is 13.2. The van der Waals surface area contributed by atoms with Crippen LogP contribution < -0.4 is 4.74 Å². The standard InChI is InChI=1S/C31H27N3O7/c1-39-26-14-24(33-27-22(26)4-3-5-25(27)35)28(36)34-10-8-31(9-11-34)15-19-7-6-18(13-23(19)30(38)41-31)20-12-21(17-32-16-20)29(37)40-2/h3-7,12-14,16-17,35H,8-11,15H2,1-2H3. The molecule has 2 aromatic heterocycles. The molecule has 208 valence electrons. The number of hydrogen-bond acceptors (Lipinski definition) is 9. The van der Waals surface area contributed by atoms with Crippen LogP contribution in [-0.2, 0) is 15.9 Å². The Kier molecular flexibility index (Phi) is 6.53. The Labute approximate surface area is 235 Å². The van der Waals surface area contributed by atoms with Crippen LogP contribution in [-0.4, -0.2) is 70.7 Å². The number of phenolic OH excluding ortho intramolecular Hbond substituents is 1. The zero-order valence-electron chi connectivity index (χ0n) is 22.5. The Hall–Kier alpha value is -4.99. The first-order valence-electron chi connectivity index (χ1n) is 13.2. The van der Waals surface area contributed by atoms with Gasteiger partial charge in [0.15, 0.2) is 0 Å². The molecule has 2 aromatic carbocycles. The van der Waals surface area contributed by atoms with Gasteiger partial charge in [-0.3, -0.25) is 9.78 Å². The lowest BCUT2D eigenvalue weighted by Crippen LogP contribution is -2.52. The van der Waals surface area contributed by atoms with Gasteiger partial charge >= 0.3 is 11.9 Å². The fourth-order valence-electron chi connectivity index (χ4n) is 5.60. The molecule has 4 heterocycles. The maximum Gasteiger partial charge on any atom is 0.339 e. The molecule has 0 saturated carbocycles. The summed E-state index contributed by atoms with van der Waals surface area (Å²) in [5.41, 5.74) is 2.86. The molecule has 0 atom stereocenters. The fraction of sp³-hybridized carbons (Fsp3) is 0.258. The number of carbonyl (C=O) groups excluding carboxylic acids is 3. The van der Waals surface area contributed by atoms with Gasteiger partial charge < -0.3 is 24.2 Å². The van der Waals surface area contributed by atoms with E-state index in [1.807, 2.05) is 12.1 Å². The second kappa shape index (κ2) is 10.2. The summed E-state index contributed by atoms with van der Waals surface area (Å²) in [6.45, 7) is 0.767. The van der Waals surface area contributed by atoms with Gasteiger partial charge in [-0.05, 0) is 35.4 Å².